The first-order valence-corrected chi connectivity index (χ1v) is 10.5. The van der Waals surface area contributed by atoms with Crippen molar-refractivity contribution in [2.24, 2.45) is 5.92 Å². The standard InChI is InChI=1S/C25H34O4/c1-18(8-5-6-9-19(2)12-13-22-14-15-28-17-22)10-7-11-20(3)16-23-24(26)21(4)25(27)29-23/h9-10,14-17,20,26H,5-8,11-13H2,1-4H3/b18-10-,19-9-,23-16-/t20-/m1/s1. The largest absolute Gasteiger partial charge is 0.504 e. The second kappa shape index (κ2) is 11.5. The molecule has 1 aliphatic rings. The summed E-state index contributed by atoms with van der Waals surface area (Å²) >= 11 is 0. The fourth-order valence-electron chi connectivity index (χ4n) is 3.26. The van der Waals surface area contributed by atoms with Crippen LogP contribution < -0.4 is 0 Å². The van der Waals surface area contributed by atoms with Crippen LogP contribution in [0.5, 0.6) is 0 Å². The van der Waals surface area contributed by atoms with Gasteiger partial charge in [-0.3, -0.25) is 0 Å². The number of aliphatic hydroxyl groups excluding tert-OH is 1. The Morgan fingerprint density at radius 1 is 1.17 bits per heavy atom. The number of allylic oxidation sites excluding steroid dienone is 5. The highest BCUT2D eigenvalue weighted by Crippen LogP contribution is 2.26. The first-order chi connectivity index (χ1) is 13.9. The number of aryl methyl sites for hydroxylation is 1. The molecule has 2 heterocycles. The molecule has 1 atom stereocenters. The lowest BCUT2D eigenvalue weighted by Gasteiger charge is -2.07. The molecule has 0 aromatic carbocycles. The lowest BCUT2D eigenvalue weighted by atomic mass is 10.0. The van der Waals surface area contributed by atoms with Gasteiger partial charge in [-0.1, -0.05) is 30.2 Å². The van der Waals surface area contributed by atoms with Gasteiger partial charge >= 0.3 is 5.97 Å². The van der Waals surface area contributed by atoms with Crippen molar-refractivity contribution in [3.8, 4) is 0 Å². The van der Waals surface area contributed by atoms with E-state index in [4.69, 9.17) is 9.15 Å². The van der Waals surface area contributed by atoms with Crippen LogP contribution in [0.3, 0.4) is 0 Å². The van der Waals surface area contributed by atoms with Crippen molar-refractivity contribution in [2.75, 3.05) is 0 Å². The van der Waals surface area contributed by atoms with Gasteiger partial charge in [0.15, 0.2) is 11.5 Å². The first kappa shape index (κ1) is 22.8. The minimum atomic E-state index is -0.456. The van der Waals surface area contributed by atoms with Gasteiger partial charge in [-0.25, -0.2) is 4.79 Å². The molecule has 1 N–H and O–H groups in total. The summed E-state index contributed by atoms with van der Waals surface area (Å²) < 4.78 is 10.2. The van der Waals surface area contributed by atoms with Crippen LogP contribution in [0.15, 0.2) is 69.5 Å². The van der Waals surface area contributed by atoms with Gasteiger partial charge in [-0.05, 0) is 89.3 Å². The Hall–Kier alpha value is -2.49. The maximum Gasteiger partial charge on any atom is 0.343 e. The number of carbonyl (C=O) groups excluding carboxylic acids is 1. The molecule has 0 saturated carbocycles. The van der Waals surface area contributed by atoms with Crippen LogP contribution in [0.2, 0.25) is 0 Å². The minimum absolute atomic E-state index is 0.0262. The second-order valence-electron chi connectivity index (χ2n) is 8.07. The van der Waals surface area contributed by atoms with Crippen molar-refractivity contribution in [3.63, 3.8) is 0 Å². The quantitative estimate of drug-likeness (QED) is 0.248. The lowest BCUT2D eigenvalue weighted by molar-refractivity contribution is -0.133. The molecule has 0 amide bonds. The summed E-state index contributed by atoms with van der Waals surface area (Å²) in [6.45, 7) is 8.04. The zero-order chi connectivity index (χ0) is 21.2. The third-order valence-electron chi connectivity index (χ3n) is 5.30. The molecule has 1 aliphatic heterocycles. The highest BCUT2D eigenvalue weighted by atomic mass is 16.6. The Morgan fingerprint density at radius 3 is 2.55 bits per heavy atom. The van der Waals surface area contributed by atoms with E-state index in [-0.39, 0.29) is 17.3 Å². The van der Waals surface area contributed by atoms with E-state index in [0.29, 0.717) is 5.76 Å². The summed E-state index contributed by atoms with van der Waals surface area (Å²) in [4.78, 5) is 11.4. The molecule has 4 nitrogen and oxygen atoms in total. The lowest BCUT2D eigenvalue weighted by Crippen LogP contribution is -1.97. The van der Waals surface area contributed by atoms with Crippen LogP contribution in [-0.4, -0.2) is 11.1 Å². The highest BCUT2D eigenvalue weighted by molar-refractivity contribution is 5.93. The topological polar surface area (TPSA) is 59.7 Å². The number of unbranched alkanes of at least 4 members (excludes halogenated alkanes) is 1. The first-order valence-electron chi connectivity index (χ1n) is 10.5. The number of rotatable bonds is 11. The molecule has 0 unspecified atom stereocenters. The molecule has 0 radical (unpaired) electrons. The van der Waals surface area contributed by atoms with Crippen LogP contribution in [0.25, 0.3) is 0 Å². The monoisotopic (exact) mass is 398 g/mol. The SMILES string of the molecule is CC1=C(O)/C(=C/[C@H](C)CC/C=C(/C)CCC/C=C(/C)CCc2ccoc2)OC1=O. The van der Waals surface area contributed by atoms with Gasteiger partial charge in [0, 0.05) is 0 Å². The van der Waals surface area contributed by atoms with E-state index in [1.165, 1.54) is 23.1 Å². The number of cyclic esters (lactones) is 1. The maximum absolute atomic E-state index is 11.4. The average Bonchev–Trinajstić information content (AvgIpc) is 3.28. The Balaban J connectivity index is 1.63. The van der Waals surface area contributed by atoms with Crippen LogP contribution in [0.4, 0.5) is 0 Å². The average molecular weight is 399 g/mol. The van der Waals surface area contributed by atoms with Gasteiger partial charge in [0.05, 0.1) is 18.1 Å². The molecule has 2 rings (SSSR count). The van der Waals surface area contributed by atoms with Crippen molar-refractivity contribution in [1.82, 2.24) is 0 Å². The molecule has 158 valence electrons. The second-order valence-corrected chi connectivity index (χ2v) is 8.07. The van der Waals surface area contributed by atoms with Gasteiger partial charge in [-0.2, -0.15) is 0 Å². The molecular formula is C25H34O4. The molecule has 1 aromatic rings. The molecule has 0 aliphatic carbocycles. The Kier molecular flexibility index (Phi) is 9.04. The Bertz CT molecular complexity index is 791. The molecule has 0 bridgehead atoms. The molecular weight excluding hydrogens is 364 g/mol. The zero-order valence-corrected chi connectivity index (χ0v) is 18.2. The van der Waals surface area contributed by atoms with Crippen LogP contribution in [0.1, 0.15) is 71.8 Å². The Labute approximate surface area is 174 Å². The van der Waals surface area contributed by atoms with Gasteiger partial charge in [0.2, 0.25) is 0 Å². The summed E-state index contributed by atoms with van der Waals surface area (Å²) in [5.41, 5.74) is 4.40. The summed E-state index contributed by atoms with van der Waals surface area (Å²) in [5.74, 6) is 0.0514. The molecule has 1 aromatic heterocycles. The highest BCUT2D eigenvalue weighted by Gasteiger charge is 2.26. The van der Waals surface area contributed by atoms with E-state index in [0.717, 1.165) is 38.5 Å². The van der Waals surface area contributed by atoms with E-state index < -0.39 is 5.97 Å². The van der Waals surface area contributed by atoms with Gasteiger partial charge in [-0.15, -0.1) is 0 Å². The third-order valence-corrected chi connectivity index (χ3v) is 5.30. The van der Waals surface area contributed by atoms with E-state index in [9.17, 15) is 9.90 Å². The van der Waals surface area contributed by atoms with Crippen molar-refractivity contribution >= 4 is 5.97 Å². The zero-order valence-electron chi connectivity index (χ0n) is 18.2. The van der Waals surface area contributed by atoms with Crippen molar-refractivity contribution in [2.45, 2.75) is 72.6 Å². The maximum atomic E-state index is 11.4. The summed E-state index contributed by atoms with van der Waals surface area (Å²) in [7, 11) is 0. The number of hydrogen-bond acceptors (Lipinski definition) is 4. The van der Waals surface area contributed by atoms with Crippen LogP contribution in [0, 0.1) is 5.92 Å². The molecule has 0 saturated heterocycles. The van der Waals surface area contributed by atoms with Gasteiger partial charge in [0.1, 0.15) is 0 Å². The van der Waals surface area contributed by atoms with Crippen LogP contribution >= 0.6 is 0 Å². The third kappa shape index (κ3) is 7.80. The minimum Gasteiger partial charge on any atom is -0.504 e. The van der Waals surface area contributed by atoms with E-state index >= 15 is 0 Å². The summed E-state index contributed by atoms with van der Waals surface area (Å²) in [6, 6.07) is 2.03. The summed E-state index contributed by atoms with van der Waals surface area (Å²) in [5, 5.41) is 9.88. The molecule has 0 spiro atoms. The predicted octanol–water partition coefficient (Wildman–Crippen LogP) is 6.96. The fourth-order valence-corrected chi connectivity index (χ4v) is 3.26. The van der Waals surface area contributed by atoms with Crippen molar-refractivity contribution in [3.05, 3.63) is 70.6 Å². The number of ether oxygens (including phenoxy) is 1. The summed E-state index contributed by atoms with van der Waals surface area (Å²) in [6.07, 6.45) is 17.5. The number of esters is 1. The van der Waals surface area contributed by atoms with E-state index in [1.807, 2.05) is 18.4 Å². The molecule has 4 heteroatoms. The van der Waals surface area contributed by atoms with E-state index in [2.05, 4.69) is 32.9 Å². The number of carbonyl (C=O) groups is 1. The fraction of sp³-hybridized carbons (Fsp3) is 0.480. The molecule has 0 fully saturated rings. The van der Waals surface area contributed by atoms with Crippen molar-refractivity contribution < 1.29 is 19.1 Å². The number of aliphatic hydroxyl groups is 1. The normalized spacial score (nSPS) is 17.9. The molecule has 29 heavy (non-hydrogen) atoms. The van der Waals surface area contributed by atoms with Crippen LogP contribution in [-0.2, 0) is 16.0 Å². The van der Waals surface area contributed by atoms with Gasteiger partial charge < -0.3 is 14.3 Å². The predicted molar refractivity (Wildman–Crippen MR) is 116 cm³/mol. The number of furan rings is 1. The smallest absolute Gasteiger partial charge is 0.343 e. The number of hydrogen-bond donors (Lipinski definition) is 1. The van der Waals surface area contributed by atoms with Crippen molar-refractivity contribution in [1.29, 1.82) is 0 Å². The van der Waals surface area contributed by atoms with Gasteiger partial charge in [0.25, 0.3) is 0 Å². The Morgan fingerprint density at radius 2 is 1.90 bits per heavy atom. The van der Waals surface area contributed by atoms with E-state index in [1.54, 1.807) is 13.2 Å².